The van der Waals surface area contributed by atoms with Gasteiger partial charge in [0.05, 0.1) is 7.85 Å². The Morgan fingerprint density at radius 2 is 2.00 bits per heavy atom. The molecule has 3 nitrogen and oxygen atoms in total. The lowest BCUT2D eigenvalue weighted by Crippen LogP contribution is -2.42. The van der Waals surface area contributed by atoms with Crippen LogP contribution in [0, 0.1) is 11.8 Å². The zero-order valence-electron chi connectivity index (χ0n) is 13.4. The highest BCUT2D eigenvalue weighted by atomic mass is 16.4. The van der Waals surface area contributed by atoms with Crippen molar-refractivity contribution < 1.29 is 9.90 Å². The van der Waals surface area contributed by atoms with E-state index in [1.54, 1.807) is 0 Å². The van der Waals surface area contributed by atoms with Crippen molar-refractivity contribution in [3.63, 3.8) is 0 Å². The minimum Gasteiger partial charge on any atom is -0.481 e. The van der Waals surface area contributed by atoms with Crippen LogP contribution in [0.1, 0.15) is 59.3 Å². The van der Waals surface area contributed by atoms with E-state index < -0.39 is 11.3 Å². The molecule has 1 aliphatic rings. The first-order chi connectivity index (χ1) is 9.40. The third-order valence-electron chi connectivity index (χ3n) is 4.68. The van der Waals surface area contributed by atoms with Gasteiger partial charge in [0.2, 0.25) is 0 Å². The Morgan fingerprint density at radius 1 is 1.40 bits per heavy atom. The molecule has 1 heterocycles. The number of carboxylic acids is 1. The van der Waals surface area contributed by atoms with Gasteiger partial charge in [0, 0.05) is 5.31 Å². The van der Waals surface area contributed by atoms with Crippen LogP contribution < -0.4 is 0 Å². The Bertz CT molecular complexity index is 301. The minimum absolute atomic E-state index is 0.127. The molecule has 2 radical (unpaired) electrons. The van der Waals surface area contributed by atoms with Gasteiger partial charge in [0.15, 0.2) is 0 Å². The largest absolute Gasteiger partial charge is 0.481 e. The molecule has 0 spiro atoms. The first kappa shape index (κ1) is 17.5. The van der Waals surface area contributed by atoms with Gasteiger partial charge in [0.1, 0.15) is 0 Å². The average molecular weight is 279 g/mol. The summed E-state index contributed by atoms with van der Waals surface area (Å²) in [7, 11) is 6.25. The van der Waals surface area contributed by atoms with E-state index in [0.29, 0.717) is 6.42 Å². The normalized spacial score (nSPS) is 21.0. The van der Waals surface area contributed by atoms with Crippen LogP contribution >= 0.6 is 0 Å². The van der Waals surface area contributed by atoms with E-state index >= 15 is 0 Å². The molecule has 1 rings (SSSR count). The van der Waals surface area contributed by atoms with Gasteiger partial charge in [-0.1, -0.05) is 33.6 Å². The molecule has 0 aromatic heterocycles. The maximum Gasteiger partial charge on any atom is 0.300 e. The smallest absolute Gasteiger partial charge is 0.300 e. The second kappa shape index (κ2) is 8.06. The molecule has 1 saturated heterocycles. The summed E-state index contributed by atoms with van der Waals surface area (Å²) in [6.45, 7) is 9.69. The van der Waals surface area contributed by atoms with Crippen molar-refractivity contribution in [3.8, 4) is 0 Å². The summed E-state index contributed by atoms with van der Waals surface area (Å²) in [6.07, 6.45) is 5.56. The molecule has 0 aromatic carbocycles. The standard InChI is InChI=1S/C16H30BNO2/c1-4-5-9-16(17,15(19)20)14-7-11-18(12-8-14)10-6-13(2)3/h13-14H,4-12H2,1-3H3,(H,19,20). The van der Waals surface area contributed by atoms with Crippen molar-refractivity contribution in [1.82, 2.24) is 4.90 Å². The van der Waals surface area contributed by atoms with Crippen LogP contribution in [0.4, 0.5) is 0 Å². The first-order valence-electron chi connectivity index (χ1n) is 8.14. The number of hydrogen-bond acceptors (Lipinski definition) is 2. The third-order valence-corrected chi connectivity index (χ3v) is 4.68. The maximum atomic E-state index is 11.6. The third kappa shape index (κ3) is 4.80. The summed E-state index contributed by atoms with van der Waals surface area (Å²) in [5, 5.41) is 8.50. The van der Waals surface area contributed by atoms with Crippen molar-refractivity contribution in [2.24, 2.45) is 11.8 Å². The highest BCUT2D eigenvalue weighted by molar-refractivity contribution is 6.26. The van der Waals surface area contributed by atoms with Gasteiger partial charge in [-0.05, 0) is 57.2 Å². The van der Waals surface area contributed by atoms with Crippen LogP contribution in [0.2, 0.25) is 5.31 Å². The lowest BCUT2D eigenvalue weighted by molar-refractivity contribution is -0.143. The summed E-state index contributed by atoms with van der Waals surface area (Å²) in [5.74, 6) is 0.0401. The van der Waals surface area contributed by atoms with E-state index in [0.717, 1.165) is 51.2 Å². The van der Waals surface area contributed by atoms with Gasteiger partial charge >= 0.3 is 5.97 Å². The van der Waals surface area contributed by atoms with Gasteiger partial charge in [-0.2, -0.15) is 0 Å². The number of nitrogens with zero attached hydrogens (tertiary/aromatic N) is 1. The molecule has 4 heteroatoms. The Morgan fingerprint density at radius 3 is 2.45 bits per heavy atom. The van der Waals surface area contributed by atoms with Crippen LogP contribution in [-0.4, -0.2) is 43.5 Å². The highest BCUT2D eigenvalue weighted by Crippen LogP contribution is 2.43. The fourth-order valence-corrected chi connectivity index (χ4v) is 3.07. The molecule has 114 valence electrons. The zero-order valence-corrected chi connectivity index (χ0v) is 13.4. The number of rotatable bonds is 8. The number of carboxylic acid groups (broad SMARTS) is 1. The van der Waals surface area contributed by atoms with Crippen molar-refractivity contribution in [3.05, 3.63) is 0 Å². The van der Waals surface area contributed by atoms with Crippen LogP contribution in [0.5, 0.6) is 0 Å². The monoisotopic (exact) mass is 279 g/mol. The molecular formula is C16H30BNO2. The highest BCUT2D eigenvalue weighted by Gasteiger charge is 2.41. The van der Waals surface area contributed by atoms with Crippen LogP contribution in [-0.2, 0) is 4.79 Å². The van der Waals surface area contributed by atoms with E-state index in [1.165, 1.54) is 6.42 Å². The van der Waals surface area contributed by atoms with Crippen LogP contribution in [0.25, 0.3) is 0 Å². The Balaban J connectivity index is 2.50. The predicted octanol–water partition coefficient (Wildman–Crippen LogP) is 3.35. The summed E-state index contributed by atoms with van der Waals surface area (Å²) >= 11 is 0. The summed E-state index contributed by atoms with van der Waals surface area (Å²) in [6, 6.07) is 0. The number of hydrogen-bond donors (Lipinski definition) is 1. The Kier molecular flexibility index (Phi) is 7.07. The van der Waals surface area contributed by atoms with E-state index in [1.807, 2.05) is 0 Å². The maximum absolute atomic E-state index is 11.6. The van der Waals surface area contributed by atoms with Gasteiger partial charge < -0.3 is 10.0 Å². The van der Waals surface area contributed by atoms with Gasteiger partial charge in [-0.3, -0.25) is 4.79 Å². The second-order valence-corrected chi connectivity index (χ2v) is 6.75. The van der Waals surface area contributed by atoms with E-state index in [-0.39, 0.29) is 5.92 Å². The molecule has 1 unspecified atom stereocenters. The Hall–Kier alpha value is -0.505. The molecule has 1 N–H and O–H groups in total. The number of carbonyl (C=O) groups is 1. The van der Waals surface area contributed by atoms with Crippen molar-refractivity contribution in [2.45, 2.75) is 64.6 Å². The second-order valence-electron chi connectivity index (χ2n) is 6.75. The van der Waals surface area contributed by atoms with E-state index in [9.17, 15) is 9.90 Å². The lowest BCUT2D eigenvalue weighted by Gasteiger charge is -2.41. The number of aliphatic carboxylic acids is 1. The fourth-order valence-electron chi connectivity index (χ4n) is 3.07. The van der Waals surface area contributed by atoms with Gasteiger partial charge in [0.25, 0.3) is 0 Å². The molecule has 0 aliphatic carbocycles. The summed E-state index contributed by atoms with van der Waals surface area (Å²) < 4.78 is 0. The SMILES string of the molecule is [B]C(CCCC)(C(=O)O)C1CCN(CCC(C)C)CC1. The zero-order chi connectivity index (χ0) is 15.2. The average Bonchev–Trinajstić information content (AvgIpc) is 2.42. The molecule has 0 saturated carbocycles. The molecule has 1 atom stereocenters. The Labute approximate surface area is 125 Å². The molecule has 0 bridgehead atoms. The van der Waals surface area contributed by atoms with Crippen LogP contribution in [0.3, 0.4) is 0 Å². The molecule has 0 aromatic rings. The van der Waals surface area contributed by atoms with Gasteiger partial charge in [-0.25, -0.2) is 0 Å². The molecule has 0 amide bonds. The summed E-state index contributed by atoms with van der Waals surface area (Å²) in [4.78, 5) is 14.0. The van der Waals surface area contributed by atoms with Gasteiger partial charge in [-0.15, -0.1) is 0 Å². The quantitative estimate of drug-likeness (QED) is 0.693. The minimum atomic E-state index is -1.01. The fraction of sp³-hybridized carbons (Fsp3) is 0.938. The molecule has 1 aliphatic heterocycles. The first-order valence-corrected chi connectivity index (χ1v) is 8.14. The van der Waals surface area contributed by atoms with E-state index in [2.05, 4.69) is 25.7 Å². The van der Waals surface area contributed by atoms with Crippen molar-refractivity contribution >= 4 is 13.8 Å². The number of piperidine rings is 1. The van der Waals surface area contributed by atoms with E-state index in [4.69, 9.17) is 7.85 Å². The van der Waals surface area contributed by atoms with Crippen LogP contribution in [0.15, 0.2) is 0 Å². The lowest BCUT2D eigenvalue weighted by atomic mass is 9.56. The van der Waals surface area contributed by atoms with Crippen molar-refractivity contribution in [1.29, 1.82) is 0 Å². The number of unbranched alkanes of at least 4 members (excludes halogenated alkanes) is 1. The topological polar surface area (TPSA) is 40.5 Å². The molecule has 1 fully saturated rings. The van der Waals surface area contributed by atoms with Crippen molar-refractivity contribution in [2.75, 3.05) is 19.6 Å². The number of likely N-dealkylation sites (tertiary alicyclic amines) is 1. The summed E-state index contributed by atoms with van der Waals surface area (Å²) in [5.41, 5.74) is 0. The molecule has 20 heavy (non-hydrogen) atoms. The predicted molar refractivity (Wildman–Crippen MR) is 84.2 cm³/mol. The molecular weight excluding hydrogens is 249 g/mol.